The van der Waals surface area contributed by atoms with Crippen molar-refractivity contribution in [3.05, 3.63) is 62.9 Å². The lowest BCUT2D eigenvalue weighted by atomic mass is 10.1. The van der Waals surface area contributed by atoms with Gasteiger partial charge >= 0.3 is 5.69 Å². The molecule has 7 heteroatoms. The molecule has 0 aliphatic heterocycles. The first-order valence-corrected chi connectivity index (χ1v) is 6.37. The molecule has 0 aliphatic rings. The number of benzene rings is 2. The molecular formula is C14H11ClFNO4. The van der Waals surface area contributed by atoms with E-state index in [9.17, 15) is 19.6 Å². The van der Waals surface area contributed by atoms with Crippen molar-refractivity contribution in [1.82, 2.24) is 0 Å². The lowest BCUT2D eigenvalue weighted by Crippen LogP contribution is -2.01. The Hall–Kier alpha value is -2.18. The zero-order valence-corrected chi connectivity index (χ0v) is 11.7. The maximum Gasteiger partial charge on any atom is 0.313 e. The second-order valence-electron chi connectivity index (χ2n) is 4.27. The van der Waals surface area contributed by atoms with Gasteiger partial charge in [0.2, 0.25) is 5.75 Å². The van der Waals surface area contributed by atoms with Gasteiger partial charge in [-0.15, -0.1) is 0 Å². The lowest BCUT2D eigenvalue weighted by molar-refractivity contribution is -0.385. The molecule has 0 amide bonds. The number of aliphatic hydroxyl groups excluding tert-OH is 1. The second kappa shape index (κ2) is 6.07. The first-order valence-electron chi connectivity index (χ1n) is 5.99. The van der Waals surface area contributed by atoms with Crippen molar-refractivity contribution in [3.63, 3.8) is 0 Å². The van der Waals surface area contributed by atoms with Crippen LogP contribution in [0.15, 0.2) is 36.4 Å². The summed E-state index contributed by atoms with van der Waals surface area (Å²) >= 11 is 5.91. The molecule has 0 saturated carbocycles. The van der Waals surface area contributed by atoms with Gasteiger partial charge in [0.1, 0.15) is 11.6 Å². The third kappa shape index (κ3) is 3.12. The Balaban J connectivity index is 2.54. The van der Waals surface area contributed by atoms with Crippen molar-refractivity contribution in [3.8, 4) is 11.5 Å². The van der Waals surface area contributed by atoms with Crippen molar-refractivity contribution >= 4 is 17.3 Å². The molecule has 5 nitrogen and oxygen atoms in total. The van der Waals surface area contributed by atoms with Crippen LogP contribution in [-0.4, -0.2) is 10.0 Å². The molecule has 2 aromatic rings. The number of halogens is 2. The number of ether oxygens (including phenoxy) is 1. The van der Waals surface area contributed by atoms with E-state index in [0.717, 1.165) is 6.07 Å². The highest BCUT2D eigenvalue weighted by Crippen LogP contribution is 2.40. The van der Waals surface area contributed by atoms with Crippen molar-refractivity contribution in [2.24, 2.45) is 0 Å². The molecule has 0 saturated heterocycles. The van der Waals surface area contributed by atoms with Crippen LogP contribution in [-0.2, 0) is 0 Å². The van der Waals surface area contributed by atoms with Crippen LogP contribution in [0.2, 0.25) is 5.02 Å². The van der Waals surface area contributed by atoms with Crippen LogP contribution in [0.5, 0.6) is 11.5 Å². The molecular weight excluding hydrogens is 301 g/mol. The highest BCUT2D eigenvalue weighted by Gasteiger charge is 2.22. The Labute approximate surface area is 124 Å². The van der Waals surface area contributed by atoms with Gasteiger partial charge in [-0.1, -0.05) is 23.7 Å². The van der Waals surface area contributed by atoms with Crippen molar-refractivity contribution < 1.29 is 19.2 Å². The third-order valence-electron chi connectivity index (χ3n) is 2.79. The molecule has 1 unspecified atom stereocenters. The monoisotopic (exact) mass is 311 g/mol. The summed E-state index contributed by atoms with van der Waals surface area (Å²) in [5.74, 6) is -0.893. The Morgan fingerprint density at radius 1 is 1.33 bits per heavy atom. The van der Waals surface area contributed by atoms with Gasteiger partial charge in [-0.25, -0.2) is 4.39 Å². The third-order valence-corrected chi connectivity index (χ3v) is 3.08. The second-order valence-corrected chi connectivity index (χ2v) is 4.68. The molecule has 0 heterocycles. The first kappa shape index (κ1) is 15.2. The van der Waals surface area contributed by atoms with Crippen molar-refractivity contribution in [1.29, 1.82) is 0 Å². The fourth-order valence-corrected chi connectivity index (χ4v) is 2.07. The Morgan fingerprint density at radius 2 is 2.00 bits per heavy atom. The number of nitro benzene ring substituents is 1. The quantitative estimate of drug-likeness (QED) is 0.677. The Morgan fingerprint density at radius 3 is 2.62 bits per heavy atom. The summed E-state index contributed by atoms with van der Waals surface area (Å²) in [6.07, 6.45) is -1.14. The van der Waals surface area contributed by atoms with Crippen LogP contribution >= 0.6 is 11.6 Å². The van der Waals surface area contributed by atoms with Gasteiger partial charge in [-0.2, -0.15) is 0 Å². The van der Waals surface area contributed by atoms with Crippen LogP contribution in [0, 0.1) is 15.9 Å². The normalized spacial score (nSPS) is 12.0. The van der Waals surface area contributed by atoms with Crippen LogP contribution in [0.1, 0.15) is 18.6 Å². The summed E-state index contributed by atoms with van der Waals surface area (Å²) in [4.78, 5) is 10.3. The average Bonchev–Trinajstić information content (AvgIpc) is 2.40. The molecule has 0 aliphatic carbocycles. The number of hydrogen-bond acceptors (Lipinski definition) is 4. The summed E-state index contributed by atoms with van der Waals surface area (Å²) in [6, 6.07) is 8.00. The van der Waals surface area contributed by atoms with Gasteiger partial charge in [-0.05, 0) is 25.1 Å². The number of hydrogen-bond donors (Lipinski definition) is 1. The minimum Gasteiger partial charge on any atom is -0.448 e. The zero-order chi connectivity index (χ0) is 15.6. The van der Waals surface area contributed by atoms with E-state index in [2.05, 4.69) is 0 Å². The predicted octanol–water partition coefficient (Wildman–Crippen LogP) is 4.23. The van der Waals surface area contributed by atoms with Crippen LogP contribution in [0.25, 0.3) is 0 Å². The minimum atomic E-state index is -1.14. The van der Waals surface area contributed by atoms with Gasteiger partial charge in [-0.3, -0.25) is 10.1 Å². The van der Waals surface area contributed by atoms with E-state index >= 15 is 0 Å². The van der Waals surface area contributed by atoms with Crippen LogP contribution < -0.4 is 4.74 Å². The fourth-order valence-electron chi connectivity index (χ4n) is 1.86. The van der Waals surface area contributed by atoms with Crippen LogP contribution in [0.3, 0.4) is 0 Å². The molecule has 1 N–H and O–H groups in total. The summed E-state index contributed by atoms with van der Waals surface area (Å²) in [7, 11) is 0. The smallest absolute Gasteiger partial charge is 0.313 e. The molecule has 0 aromatic heterocycles. The van der Waals surface area contributed by atoms with E-state index in [0.29, 0.717) is 0 Å². The standard InChI is InChI=1S/C14H11ClFNO4/c1-8(18)13-10(16)5-3-7-12(13)21-14-9(15)4-2-6-11(14)17(19)20/h2-8,18H,1H3. The molecule has 0 fully saturated rings. The van der Waals surface area contributed by atoms with Gasteiger partial charge in [0, 0.05) is 6.07 Å². The van der Waals surface area contributed by atoms with Crippen molar-refractivity contribution in [2.75, 3.05) is 0 Å². The Bertz CT molecular complexity index is 691. The number of para-hydroxylation sites is 1. The molecule has 0 radical (unpaired) electrons. The van der Waals surface area contributed by atoms with Gasteiger partial charge < -0.3 is 9.84 Å². The van der Waals surface area contributed by atoms with Gasteiger partial charge in [0.05, 0.1) is 21.6 Å². The lowest BCUT2D eigenvalue weighted by Gasteiger charge is -2.14. The summed E-state index contributed by atoms with van der Waals surface area (Å²) in [5.41, 5.74) is -0.435. The SMILES string of the molecule is CC(O)c1c(F)cccc1Oc1c(Cl)cccc1[N+](=O)[O-]. The summed E-state index contributed by atoms with van der Waals surface area (Å²) in [5, 5.41) is 20.6. The molecule has 21 heavy (non-hydrogen) atoms. The Kier molecular flexibility index (Phi) is 4.40. The zero-order valence-electron chi connectivity index (χ0n) is 10.9. The van der Waals surface area contributed by atoms with Crippen molar-refractivity contribution in [2.45, 2.75) is 13.0 Å². The largest absolute Gasteiger partial charge is 0.448 e. The van der Waals surface area contributed by atoms with E-state index in [-0.39, 0.29) is 27.8 Å². The fraction of sp³-hybridized carbons (Fsp3) is 0.143. The number of aliphatic hydroxyl groups is 1. The van der Waals surface area contributed by atoms with Gasteiger partial charge in [0.15, 0.2) is 0 Å². The number of nitro groups is 1. The minimum absolute atomic E-state index is 0.0185. The topological polar surface area (TPSA) is 72.6 Å². The highest BCUT2D eigenvalue weighted by atomic mass is 35.5. The molecule has 110 valence electrons. The first-order chi connectivity index (χ1) is 9.91. The highest BCUT2D eigenvalue weighted by molar-refractivity contribution is 6.32. The summed E-state index contributed by atoms with van der Waals surface area (Å²) < 4.78 is 19.2. The van der Waals surface area contributed by atoms with E-state index < -0.39 is 16.8 Å². The van der Waals surface area contributed by atoms with Gasteiger partial charge in [0.25, 0.3) is 0 Å². The maximum absolute atomic E-state index is 13.8. The average molecular weight is 312 g/mol. The van der Waals surface area contributed by atoms with E-state index in [1.54, 1.807) is 0 Å². The molecule has 1 atom stereocenters. The molecule has 0 spiro atoms. The number of nitrogens with zero attached hydrogens (tertiary/aromatic N) is 1. The van der Waals surface area contributed by atoms with E-state index in [1.165, 1.54) is 37.3 Å². The summed E-state index contributed by atoms with van der Waals surface area (Å²) in [6.45, 7) is 1.37. The molecule has 2 rings (SSSR count). The molecule has 2 aromatic carbocycles. The predicted molar refractivity (Wildman–Crippen MR) is 75.2 cm³/mol. The van der Waals surface area contributed by atoms with Crippen LogP contribution in [0.4, 0.5) is 10.1 Å². The molecule has 0 bridgehead atoms. The van der Waals surface area contributed by atoms with E-state index in [4.69, 9.17) is 16.3 Å². The number of rotatable bonds is 4. The maximum atomic E-state index is 13.8. The van der Waals surface area contributed by atoms with E-state index in [1.807, 2.05) is 0 Å².